The van der Waals surface area contributed by atoms with Gasteiger partial charge in [0, 0.05) is 20.0 Å². The Hall–Kier alpha value is -1.37. The molecule has 0 radical (unpaired) electrons. The minimum atomic E-state index is -0.0757. The molecule has 1 amide bonds. The molecule has 6 nitrogen and oxygen atoms in total. The fourth-order valence-corrected chi connectivity index (χ4v) is 1.65. The third kappa shape index (κ3) is 3.55. The summed E-state index contributed by atoms with van der Waals surface area (Å²) in [4.78, 5) is 25.6. The van der Waals surface area contributed by atoms with Gasteiger partial charge in [0.15, 0.2) is 5.16 Å². The fourth-order valence-electron chi connectivity index (χ4n) is 1.30. The molecule has 0 aromatic carbocycles. The van der Waals surface area contributed by atoms with Crippen LogP contribution in [0.15, 0.2) is 5.16 Å². The first-order valence-corrected chi connectivity index (χ1v) is 6.66. The molecule has 0 atom stereocenters. The van der Waals surface area contributed by atoms with Crippen molar-refractivity contribution in [3.63, 3.8) is 0 Å². The number of carbonyl (C=O) groups excluding carboxylic acids is 1. The molecule has 94 valence electrons. The Labute approximate surface area is 105 Å². The van der Waals surface area contributed by atoms with Crippen molar-refractivity contribution < 1.29 is 4.79 Å². The van der Waals surface area contributed by atoms with Crippen molar-refractivity contribution in [3.8, 4) is 0 Å². The zero-order valence-corrected chi connectivity index (χ0v) is 11.3. The summed E-state index contributed by atoms with van der Waals surface area (Å²) in [5, 5.41) is 3.63. The average Bonchev–Trinajstić information content (AvgIpc) is 2.29. The lowest BCUT2D eigenvalue weighted by Gasteiger charge is -2.17. The number of nitrogens with zero attached hydrogens (tertiary/aromatic N) is 4. The number of amides is 1. The van der Waals surface area contributed by atoms with E-state index in [0.717, 1.165) is 6.54 Å². The van der Waals surface area contributed by atoms with Crippen LogP contribution in [0, 0.1) is 0 Å². The maximum atomic E-state index is 11.4. The van der Waals surface area contributed by atoms with E-state index in [0.29, 0.717) is 23.6 Å². The first kappa shape index (κ1) is 13.7. The summed E-state index contributed by atoms with van der Waals surface area (Å²) in [6.07, 6.45) is 1.89. The lowest BCUT2D eigenvalue weighted by molar-refractivity contribution is -0.116. The molecule has 1 rings (SSSR count). The maximum absolute atomic E-state index is 11.4. The zero-order chi connectivity index (χ0) is 12.8. The van der Waals surface area contributed by atoms with E-state index in [4.69, 9.17) is 0 Å². The molecule has 0 unspecified atom stereocenters. The molecular formula is C10H17N5OS. The summed E-state index contributed by atoms with van der Waals surface area (Å²) in [5.41, 5.74) is 0. The summed E-state index contributed by atoms with van der Waals surface area (Å²) < 4.78 is 0. The van der Waals surface area contributed by atoms with Crippen LogP contribution in [0.2, 0.25) is 0 Å². The number of hydrogen-bond donors (Lipinski definition) is 1. The Morgan fingerprint density at radius 1 is 1.35 bits per heavy atom. The monoisotopic (exact) mass is 255 g/mol. The maximum Gasteiger partial charge on any atom is 0.237 e. The number of rotatable bonds is 5. The van der Waals surface area contributed by atoms with Gasteiger partial charge in [0.05, 0.1) is 0 Å². The minimum absolute atomic E-state index is 0.0757. The van der Waals surface area contributed by atoms with Crippen molar-refractivity contribution in [1.29, 1.82) is 0 Å². The summed E-state index contributed by atoms with van der Waals surface area (Å²) in [6, 6.07) is 0. The highest BCUT2D eigenvalue weighted by Gasteiger charge is 2.15. The van der Waals surface area contributed by atoms with Crippen LogP contribution in [-0.4, -0.2) is 40.2 Å². The Morgan fingerprint density at radius 3 is 2.53 bits per heavy atom. The second-order valence-electron chi connectivity index (χ2n) is 3.24. The van der Waals surface area contributed by atoms with Crippen molar-refractivity contribution in [2.75, 3.05) is 29.6 Å². The summed E-state index contributed by atoms with van der Waals surface area (Å²) in [7, 11) is 0. The number of aromatic nitrogens is 3. The molecular weight excluding hydrogens is 238 g/mol. The van der Waals surface area contributed by atoms with E-state index in [1.54, 1.807) is 0 Å². The molecule has 0 aliphatic heterocycles. The fraction of sp³-hybridized carbons (Fsp3) is 0.600. The predicted octanol–water partition coefficient (Wildman–Crippen LogP) is 1.40. The first-order chi connectivity index (χ1) is 8.12. The second-order valence-corrected chi connectivity index (χ2v) is 4.01. The van der Waals surface area contributed by atoms with E-state index in [9.17, 15) is 4.79 Å². The third-order valence-corrected chi connectivity index (χ3v) is 2.61. The minimum Gasteiger partial charge on any atom is -0.354 e. The Morgan fingerprint density at radius 2 is 2.06 bits per heavy atom. The Balaban J connectivity index is 3.12. The molecule has 1 N–H and O–H groups in total. The van der Waals surface area contributed by atoms with E-state index in [-0.39, 0.29) is 5.91 Å². The summed E-state index contributed by atoms with van der Waals surface area (Å²) >= 11 is 1.42. The van der Waals surface area contributed by atoms with Gasteiger partial charge in [-0.1, -0.05) is 11.8 Å². The van der Waals surface area contributed by atoms with E-state index in [2.05, 4.69) is 20.3 Å². The van der Waals surface area contributed by atoms with Gasteiger partial charge in [0.1, 0.15) is 0 Å². The first-order valence-electron chi connectivity index (χ1n) is 5.44. The molecule has 0 fully saturated rings. The summed E-state index contributed by atoms with van der Waals surface area (Å²) in [6.45, 7) is 6.61. The van der Waals surface area contributed by atoms with Gasteiger partial charge >= 0.3 is 0 Å². The van der Waals surface area contributed by atoms with Gasteiger partial charge in [-0.15, -0.1) is 0 Å². The van der Waals surface area contributed by atoms with E-state index in [1.807, 2.05) is 20.1 Å². The SMILES string of the molecule is CCNc1nc(SC)nc(N(CC)C(C)=O)n1. The van der Waals surface area contributed by atoms with Crippen LogP contribution in [-0.2, 0) is 4.79 Å². The number of thioether (sulfide) groups is 1. The quantitative estimate of drug-likeness (QED) is 0.802. The van der Waals surface area contributed by atoms with Crippen molar-refractivity contribution in [1.82, 2.24) is 15.0 Å². The predicted molar refractivity (Wildman–Crippen MR) is 69.5 cm³/mol. The van der Waals surface area contributed by atoms with Crippen LogP contribution < -0.4 is 10.2 Å². The average molecular weight is 255 g/mol. The number of carbonyl (C=O) groups is 1. The van der Waals surface area contributed by atoms with Gasteiger partial charge in [-0.25, -0.2) is 0 Å². The highest BCUT2D eigenvalue weighted by atomic mass is 32.2. The van der Waals surface area contributed by atoms with Crippen LogP contribution in [0.1, 0.15) is 20.8 Å². The van der Waals surface area contributed by atoms with Crippen LogP contribution in [0.25, 0.3) is 0 Å². The number of nitrogens with one attached hydrogen (secondary N) is 1. The third-order valence-electron chi connectivity index (χ3n) is 2.06. The Kier molecular flexibility index (Phi) is 5.14. The van der Waals surface area contributed by atoms with Gasteiger partial charge in [-0.2, -0.15) is 15.0 Å². The van der Waals surface area contributed by atoms with Crippen LogP contribution in [0.5, 0.6) is 0 Å². The van der Waals surface area contributed by atoms with E-state index in [1.165, 1.54) is 23.6 Å². The lowest BCUT2D eigenvalue weighted by atomic mass is 10.5. The molecule has 7 heteroatoms. The van der Waals surface area contributed by atoms with Gasteiger partial charge in [-0.05, 0) is 20.1 Å². The normalized spacial score (nSPS) is 10.1. The van der Waals surface area contributed by atoms with Crippen LogP contribution >= 0.6 is 11.8 Å². The molecule has 0 saturated carbocycles. The molecule has 1 aromatic heterocycles. The molecule has 0 spiro atoms. The Bertz CT molecular complexity index is 398. The number of anilines is 2. The zero-order valence-electron chi connectivity index (χ0n) is 10.5. The summed E-state index contributed by atoms with van der Waals surface area (Å²) in [5.74, 6) is 0.824. The van der Waals surface area contributed by atoms with Crippen molar-refractivity contribution in [3.05, 3.63) is 0 Å². The van der Waals surface area contributed by atoms with Crippen LogP contribution in [0.4, 0.5) is 11.9 Å². The van der Waals surface area contributed by atoms with Gasteiger partial charge in [0.2, 0.25) is 17.8 Å². The molecule has 0 saturated heterocycles. The second kappa shape index (κ2) is 6.39. The van der Waals surface area contributed by atoms with Gasteiger partial charge in [0.25, 0.3) is 0 Å². The van der Waals surface area contributed by atoms with Gasteiger partial charge < -0.3 is 5.32 Å². The van der Waals surface area contributed by atoms with E-state index < -0.39 is 0 Å². The lowest BCUT2D eigenvalue weighted by Crippen LogP contribution is -2.30. The highest BCUT2D eigenvalue weighted by molar-refractivity contribution is 7.98. The van der Waals surface area contributed by atoms with Crippen molar-refractivity contribution in [2.45, 2.75) is 25.9 Å². The standard InChI is InChI=1S/C10H17N5OS/c1-5-11-8-12-9(14-10(13-8)17-4)15(6-2)7(3)16/h5-6H2,1-4H3,(H,11,12,13,14). The molecule has 1 aromatic rings. The molecule has 17 heavy (non-hydrogen) atoms. The van der Waals surface area contributed by atoms with E-state index >= 15 is 0 Å². The van der Waals surface area contributed by atoms with Gasteiger partial charge in [-0.3, -0.25) is 9.69 Å². The molecule has 1 heterocycles. The van der Waals surface area contributed by atoms with Crippen molar-refractivity contribution >= 4 is 29.6 Å². The van der Waals surface area contributed by atoms with Crippen LogP contribution in [0.3, 0.4) is 0 Å². The van der Waals surface area contributed by atoms with Crippen molar-refractivity contribution in [2.24, 2.45) is 0 Å². The smallest absolute Gasteiger partial charge is 0.237 e. The molecule has 0 aliphatic carbocycles. The highest BCUT2D eigenvalue weighted by Crippen LogP contribution is 2.16. The number of hydrogen-bond acceptors (Lipinski definition) is 6. The molecule has 0 bridgehead atoms. The largest absolute Gasteiger partial charge is 0.354 e. The molecule has 0 aliphatic rings. The topological polar surface area (TPSA) is 71.0 Å².